The van der Waals surface area contributed by atoms with Gasteiger partial charge < -0.3 is 4.90 Å². The number of carbonyl (C=O) groups is 2. The molecule has 0 spiro atoms. The Balaban J connectivity index is 1.75. The fourth-order valence-corrected chi connectivity index (χ4v) is 6.02. The monoisotopic (exact) mass is 397 g/mol. The summed E-state index contributed by atoms with van der Waals surface area (Å²) in [6.07, 6.45) is 5.38. The van der Waals surface area contributed by atoms with E-state index in [2.05, 4.69) is 0 Å². The van der Waals surface area contributed by atoms with Crippen molar-refractivity contribution < 1.29 is 18.0 Å². The van der Waals surface area contributed by atoms with Crippen LogP contribution in [-0.2, 0) is 9.84 Å². The standard InChI is InChI=1S/C22H23NO4S/c1-2-23(16-8-4-3-5-9-16)22(25)15-12-13-18-20(14-15)28(26,27)19-11-7-6-10-17(19)21(18)24/h6-7,10-14,16H,2-5,8-9H2,1H3. The van der Waals surface area contributed by atoms with Crippen molar-refractivity contribution in [2.75, 3.05) is 6.54 Å². The molecule has 0 N–H and O–H groups in total. The van der Waals surface area contributed by atoms with E-state index in [4.69, 9.17) is 0 Å². The molecule has 1 fully saturated rings. The van der Waals surface area contributed by atoms with Crippen LogP contribution in [0.5, 0.6) is 0 Å². The van der Waals surface area contributed by atoms with Crippen LogP contribution in [0.15, 0.2) is 52.3 Å². The van der Waals surface area contributed by atoms with Crippen LogP contribution in [0.25, 0.3) is 0 Å². The van der Waals surface area contributed by atoms with Crippen LogP contribution in [0.2, 0.25) is 0 Å². The first-order valence-corrected chi connectivity index (χ1v) is 11.3. The zero-order valence-electron chi connectivity index (χ0n) is 15.8. The number of fused-ring (bicyclic) bond motifs is 2. The van der Waals surface area contributed by atoms with Crippen molar-refractivity contribution >= 4 is 21.5 Å². The first-order valence-electron chi connectivity index (χ1n) is 9.79. The molecule has 0 aromatic heterocycles. The molecule has 0 atom stereocenters. The Hall–Kier alpha value is -2.47. The van der Waals surface area contributed by atoms with Gasteiger partial charge in [-0.15, -0.1) is 0 Å². The minimum Gasteiger partial charge on any atom is -0.336 e. The highest BCUT2D eigenvalue weighted by atomic mass is 32.2. The lowest BCUT2D eigenvalue weighted by molar-refractivity contribution is 0.0647. The highest BCUT2D eigenvalue weighted by Crippen LogP contribution is 2.35. The summed E-state index contributed by atoms with van der Waals surface area (Å²) in [5.74, 6) is -0.488. The smallest absolute Gasteiger partial charge is 0.254 e. The quantitative estimate of drug-likeness (QED) is 0.673. The van der Waals surface area contributed by atoms with Crippen LogP contribution >= 0.6 is 0 Å². The van der Waals surface area contributed by atoms with Crippen molar-refractivity contribution in [1.29, 1.82) is 0 Å². The number of hydrogen-bond acceptors (Lipinski definition) is 4. The number of carbonyl (C=O) groups excluding carboxylic acids is 2. The fourth-order valence-electron chi connectivity index (χ4n) is 4.34. The van der Waals surface area contributed by atoms with Crippen LogP contribution in [0, 0.1) is 0 Å². The van der Waals surface area contributed by atoms with E-state index in [-0.39, 0.29) is 38.7 Å². The number of benzene rings is 2. The highest BCUT2D eigenvalue weighted by Gasteiger charge is 2.35. The predicted molar refractivity (Wildman–Crippen MR) is 105 cm³/mol. The fraction of sp³-hybridized carbons (Fsp3) is 0.364. The first-order chi connectivity index (χ1) is 13.4. The van der Waals surface area contributed by atoms with Crippen LogP contribution in [-0.4, -0.2) is 37.6 Å². The molecule has 28 heavy (non-hydrogen) atoms. The minimum absolute atomic E-state index is 0.0109. The zero-order valence-corrected chi connectivity index (χ0v) is 16.7. The molecule has 5 nitrogen and oxygen atoms in total. The lowest BCUT2D eigenvalue weighted by Crippen LogP contribution is -2.41. The third-order valence-electron chi connectivity index (χ3n) is 5.80. The summed E-state index contributed by atoms with van der Waals surface area (Å²) in [6.45, 7) is 2.52. The van der Waals surface area contributed by atoms with Gasteiger partial charge in [0.2, 0.25) is 9.84 Å². The molecule has 0 unspecified atom stereocenters. The van der Waals surface area contributed by atoms with E-state index in [1.165, 1.54) is 30.7 Å². The molecule has 1 aliphatic carbocycles. The summed E-state index contributed by atoms with van der Waals surface area (Å²) in [5, 5.41) is 0. The lowest BCUT2D eigenvalue weighted by atomic mass is 9.93. The molecule has 146 valence electrons. The Morgan fingerprint density at radius 1 is 1.00 bits per heavy atom. The van der Waals surface area contributed by atoms with Gasteiger partial charge in [-0.25, -0.2) is 8.42 Å². The van der Waals surface area contributed by atoms with E-state index < -0.39 is 9.84 Å². The summed E-state index contributed by atoms with van der Waals surface area (Å²) < 4.78 is 26.2. The summed E-state index contributed by atoms with van der Waals surface area (Å²) in [7, 11) is -3.84. The Morgan fingerprint density at radius 3 is 2.39 bits per heavy atom. The van der Waals surface area contributed by atoms with Gasteiger partial charge in [0.05, 0.1) is 9.79 Å². The summed E-state index contributed by atoms with van der Waals surface area (Å²) in [6, 6.07) is 10.9. The molecule has 0 saturated heterocycles. The SMILES string of the molecule is CCN(C(=O)c1ccc2c(c1)S(=O)(=O)c1ccccc1C2=O)C1CCCCC1. The Labute approximate surface area is 165 Å². The molecule has 0 bridgehead atoms. The average molecular weight is 397 g/mol. The summed E-state index contributed by atoms with van der Waals surface area (Å²) in [4.78, 5) is 27.7. The minimum atomic E-state index is -3.84. The van der Waals surface area contributed by atoms with Crippen LogP contribution < -0.4 is 0 Å². The Morgan fingerprint density at radius 2 is 1.68 bits per heavy atom. The molecule has 2 aromatic carbocycles. The third-order valence-corrected chi connectivity index (χ3v) is 7.65. The molecular formula is C22H23NO4S. The van der Waals surface area contributed by atoms with E-state index in [1.54, 1.807) is 18.2 Å². The number of ketones is 1. The van der Waals surface area contributed by atoms with Crippen LogP contribution in [0.4, 0.5) is 0 Å². The molecule has 2 aromatic rings. The Kier molecular flexibility index (Phi) is 4.83. The zero-order chi connectivity index (χ0) is 19.9. The van der Waals surface area contributed by atoms with Crippen molar-refractivity contribution in [2.24, 2.45) is 0 Å². The van der Waals surface area contributed by atoms with E-state index in [9.17, 15) is 18.0 Å². The van der Waals surface area contributed by atoms with Crippen molar-refractivity contribution in [1.82, 2.24) is 4.90 Å². The van der Waals surface area contributed by atoms with E-state index >= 15 is 0 Å². The topological polar surface area (TPSA) is 71.5 Å². The van der Waals surface area contributed by atoms with Gasteiger partial charge in [0.15, 0.2) is 5.78 Å². The van der Waals surface area contributed by atoms with Gasteiger partial charge in [-0.05, 0) is 50.1 Å². The molecule has 1 saturated carbocycles. The van der Waals surface area contributed by atoms with Gasteiger partial charge in [-0.2, -0.15) is 0 Å². The Bertz CT molecular complexity index is 1050. The predicted octanol–water partition coefficient (Wildman–Crippen LogP) is 3.86. The molecule has 4 rings (SSSR count). The second kappa shape index (κ2) is 7.17. The third kappa shape index (κ3) is 2.96. The highest BCUT2D eigenvalue weighted by molar-refractivity contribution is 7.91. The summed E-state index contributed by atoms with van der Waals surface area (Å²) in [5.41, 5.74) is 0.643. The van der Waals surface area contributed by atoms with E-state index in [1.807, 2.05) is 11.8 Å². The van der Waals surface area contributed by atoms with Crippen molar-refractivity contribution in [2.45, 2.75) is 54.9 Å². The van der Waals surface area contributed by atoms with Gasteiger partial charge in [0.1, 0.15) is 0 Å². The maximum absolute atomic E-state index is 13.1. The van der Waals surface area contributed by atoms with Crippen molar-refractivity contribution in [3.05, 3.63) is 59.2 Å². The van der Waals surface area contributed by atoms with Crippen LogP contribution in [0.3, 0.4) is 0 Å². The second-order valence-electron chi connectivity index (χ2n) is 7.42. The molecule has 6 heteroatoms. The number of amides is 1. The van der Waals surface area contributed by atoms with Gasteiger partial charge in [-0.3, -0.25) is 9.59 Å². The van der Waals surface area contributed by atoms with Gasteiger partial charge in [0.25, 0.3) is 5.91 Å². The molecule has 1 amide bonds. The summed E-state index contributed by atoms with van der Waals surface area (Å²) >= 11 is 0. The normalized spacial score (nSPS) is 18.2. The molecule has 2 aliphatic rings. The number of nitrogens with zero attached hydrogens (tertiary/aromatic N) is 1. The molecule has 1 aliphatic heterocycles. The number of hydrogen-bond donors (Lipinski definition) is 0. The molecule has 0 radical (unpaired) electrons. The number of sulfone groups is 1. The molecular weight excluding hydrogens is 374 g/mol. The van der Waals surface area contributed by atoms with Crippen molar-refractivity contribution in [3.8, 4) is 0 Å². The lowest BCUT2D eigenvalue weighted by Gasteiger charge is -2.34. The van der Waals surface area contributed by atoms with E-state index in [0.717, 1.165) is 25.7 Å². The molecule has 1 heterocycles. The van der Waals surface area contributed by atoms with Crippen molar-refractivity contribution in [3.63, 3.8) is 0 Å². The largest absolute Gasteiger partial charge is 0.336 e. The maximum atomic E-state index is 13.1. The van der Waals surface area contributed by atoms with Crippen LogP contribution in [0.1, 0.15) is 65.3 Å². The van der Waals surface area contributed by atoms with Gasteiger partial charge in [-0.1, -0.05) is 31.4 Å². The average Bonchev–Trinajstić information content (AvgIpc) is 2.73. The maximum Gasteiger partial charge on any atom is 0.254 e. The second-order valence-corrected chi connectivity index (χ2v) is 9.31. The van der Waals surface area contributed by atoms with Gasteiger partial charge >= 0.3 is 0 Å². The number of rotatable bonds is 3. The van der Waals surface area contributed by atoms with E-state index in [0.29, 0.717) is 12.1 Å². The van der Waals surface area contributed by atoms with Gasteiger partial charge in [0, 0.05) is 29.3 Å². The first kappa shape index (κ1) is 18.9.